The highest BCUT2D eigenvalue weighted by Crippen LogP contribution is 2.19. The van der Waals surface area contributed by atoms with Gasteiger partial charge in [0.2, 0.25) is 0 Å². The van der Waals surface area contributed by atoms with Gasteiger partial charge >= 0.3 is 6.03 Å². The Bertz CT molecular complexity index is 1440. The van der Waals surface area contributed by atoms with Gasteiger partial charge in [0.25, 0.3) is 5.91 Å². The molecule has 3 heterocycles. The number of likely N-dealkylation sites (tertiary alicyclic amines) is 1. The van der Waals surface area contributed by atoms with Gasteiger partial charge in [-0.2, -0.15) is 0 Å². The monoisotopic (exact) mass is 552 g/mol. The second-order valence-electron chi connectivity index (χ2n) is 10.8. The number of urea groups is 1. The van der Waals surface area contributed by atoms with Gasteiger partial charge in [0.05, 0.1) is 19.3 Å². The molecule has 5 rings (SSSR count). The Labute approximate surface area is 241 Å². The smallest absolute Gasteiger partial charge is 0.320 e. The minimum absolute atomic E-state index is 0.0446. The minimum atomic E-state index is -0.313. The van der Waals surface area contributed by atoms with Crippen molar-refractivity contribution in [1.82, 2.24) is 20.1 Å². The zero-order chi connectivity index (χ0) is 28.8. The van der Waals surface area contributed by atoms with E-state index in [1.54, 1.807) is 24.4 Å². The molecule has 0 unspecified atom stereocenters. The number of rotatable bonds is 7. The maximum atomic E-state index is 13.0. The van der Waals surface area contributed by atoms with Gasteiger partial charge in [-0.1, -0.05) is 30.0 Å². The summed E-state index contributed by atoms with van der Waals surface area (Å²) in [7, 11) is 4.28. The number of aromatic nitrogens is 1. The van der Waals surface area contributed by atoms with E-state index in [9.17, 15) is 9.59 Å². The molecule has 3 amide bonds. The average molecular weight is 553 g/mol. The van der Waals surface area contributed by atoms with Crippen LogP contribution in [0, 0.1) is 18.8 Å². The number of hydrogen-bond acceptors (Lipinski definition) is 6. The van der Waals surface area contributed by atoms with Crippen LogP contribution < -0.4 is 16.0 Å². The molecule has 41 heavy (non-hydrogen) atoms. The standard InChI is InChI=1S/C32H36N6O3/c1-22-4-9-26(31(39)34-27-11-6-24(7-12-27)18-38-15-14-29(19-38)37(2)3)16-25(22)10-5-23-8-13-30(33-17-23)36-32(40)35-28-20-41-21-28/h4,6-9,11-13,16-17,28-29H,14-15,18-21H2,1-3H3,(H,34,39)(H2,33,35,36,40)/t29-/m0/s1. The average Bonchev–Trinajstić information content (AvgIpc) is 3.41. The first-order valence-corrected chi connectivity index (χ1v) is 13.9. The fourth-order valence-corrected chi connectivity index (χ4v) is 4.77. The van der Waals surface area contributed by atoms with Crippen LogP contribution >= 0.6 is 0 Å². The van der Waals surface area contributed by atoms with Crippen LogP contribution in [0.2, 0.25) is 0 Å². The highest BCUT2D eigenvalue weighted by Gasteiger charge is 2.23. The fraction of sp³-hybridized carbons (Fsp3) is 0.344. The lowest BCUT2D eigenvalue weighted by atomic mass is 10.0. The lowest BCUT2D eigenvalue weighted by Crippen LogP contribution is -2.50. The number of nitrogens with one attached hydrogen (secondary N) is 3. The number of ether oxygens (including phenoxy) is 1. The number of amides is 3. The summed E-state index contributed by atoms with van der Waals surface area (Å²) in [6.07, 6.45) is 2.80. The van der Waals surface area contributed by atoms with Gasteiger partial charge in [-0.3, -0.25) is 15.0 Å². The summed E-state index contributed by atoms with van der Waals surface area (Å²) in [5.41, 5.74) is 4.97. The van der Waals surface area contributed by atoms with E-state index in [0.29, 0.717) is 36.2 Å². The van der Waals surface area contributed by atoms with Crippen LogP contribution in [0.15, 0.2) is 60.8 Å². The molecule has 2 aromatic carbocycles. The number of nitrogens with zero attached hydrogens (tertiary/aromatic N) is 3. The van der Waals surface area contributed by atoms with Crippen molar-refractivity contribution in [3.05, 3.63) is 88.6 Å². The molecule has 3 aromatic rings. The van der Waals surface area contributed by atoms with E-state index in [4.69, 9.17) is 4.74 Å². The summed E-state index contributed by atoms with van der Waals surface area (Å²) in [6, 6.07) is 17.4. The van der Waals surface area contributed by atoms with Crippen molar-refractivity contribution >= 4 is 23.4 Å². The third-order valence-corrected chi connectivity index (χ3v) is 7.42. The van der Waals surface area contributed by atoms with Crippen LogP contribution in [-0.4, -0.2) is 79.2 Å². The molecule has 1 atom stereocenters. The van der Waals surface area contributed by atoms with Crippen LogP contribution in [0.3, 0.4) is 0 Å². The van der Waals surface area contributed by atoms with Crippen LogP contribution in [0.25, 0.3) is 0 Å². The number of anilines is 2. The maximum Gasteiger partial charge on any atom is 0.320 e. The topological polar surface area (TPSA) is 98.8 Å². The van der Waals surface area contributed by atoms with Crippen LogP contribution in [0.1, 0.15) is 39.0 Å². The van der Waals surface area contributed by atoms with Crippen molar-refractivity contribution in [3.63, 3.8) is 0 Å². The van der Waals surface area contributed by atoms with E-state index in [1.165, 1.54) is 12.0 Å². The van der Waals surface area contributed by atoms with Gasteiger partial charge < -0.3 is 20.3 Å². The van der Waals surface area contributed by atoms with E-state index >= 15 is 0 Å². The molecular formula is C32H36N6O3. The molecule has 0 radical (unpaired) electrons. The number of benzene rings is 2. The Hall–Kier alpha value is -4.23. The SMILES string of the molecule is Cc1ccc(C(=O)Nc2ccc(CN3CC[C@H](N(C)C)C3)cc2)cc1C#Cc1ccc(NC(=O)NC2COC2)nc1. The van der Waals surface area contributed by atoms with Crippen molar-refractivity contribution in [2.24, 2.45) is 0 Å². The number of hydrogen-bond donors (Lipinski definition) is 3. The Kier molecular flexibility index (Phi) is 8.95. The van der Waals surface area contributed by atoms with Gasteiger partial charge in [0.15, 0.2) is 0 Å². The van der Waals surface area contributed by atoms with Crippen molar-refractivity contribution in [2.75, 3.05) is 51.0 Å². The first-order valence-electron chi connectivity index (χ1n) is 13.9. The number of aryl methyl sites for hydroxylation is 1. The summed E-state index contributed by atoms with van der Waals surface area (Å²) in [4.78, 5) is 34.0. The lowest BCUT2D eigenvalue weighted by molar-refractivity contribution is 0.000731. The molecule has 3 N–H and O–H groups in total. The number of carbonyl (C=O) groups is 2. The summed E-state index contributed by atoms with van der Waals surface area (Å²) in [5.74, 6) is 6.50. The van der Waals surface area contributed by atoms with Crippen molar-refractivity contribution in [3.8, 4) is 11.8 Å². The van der Waals surface area contributed by atoms with E-state index in [1.807, 2.05) is 31.2 Å². The molecular weight excluding hydrogens is 516 g/mol. The van der Waals surface area contributed by atoms with E-state index in [2.05, 4.69) is 68.8 Å². The Morgan fingerprint density at radius 2 is 1.85 bits per heavy atom. The van der Waals surface area contributed by atoms with Gasteiger partial charge in [-0.15, -0.1) is 0 Å². The molecule has 1 aromatic heterocycles. The largest absolute Gasteiger partial charge is 0.377 e. The quantitative estimate of drug-likeness (QED) is 0.387. The third kappa shape index (κ3) is 7.70. The van der Waals surface area contributed by atoms with Gasteiger partial charge in [0, 0.05) is 54.3 Å². The molecule has 9 heteroatoms. The van der Waals surface area contributed by atoms with Crippen LogP contribution in [0.5, 0.6) is 0 Å². The minimum Gasteiger partial charge on any atom is -0.377 e. The predicted molar refractivity (Wildman–Crippen MR) is 160 cm³/mol. The second kappa shape index (κ2) is 13.0. The highest BCUT2D eigenvalue weighted by atomic mass is 16.5. The van der Waals surface area contributed by atoms with Crippen LogP contribution in [0.4, 0.5) is 16.3 Å². The number of carbonyl (C=O) groups excluding carboxylic acids is 2. The molecule has 2 aliphatic rings. The van der Waals surface area contributed by atoms with Crippen molar-refractivity contribution in [2.45, 2.75) is 32.0 Å². The van der Waals surface area contributed by atoms with Gasteiger partial charge in [0.1, 0.15) is 5.82 Å². The Morgan fingerprint density at radius 1 is 1.05 bits per heavy atom. The van der Waals surface area contributed by atoms with Crippen LogP contribution in [-0.2, 0) is 11.3 Å². The molecule has 9 nitrogen and oxygen atoms in total. The van der Waals surface area contributed by atoms with Crippen molar-refractivity contribution in [1.29, 1.82) is 0 Å². The van der Waals surface area contributed by atoms with Crippen molar-refractivity contribution < 1.29 is 14.3 Å². The molecule has 2 fully saturated rings. The van der Waals surface area contributed by atoms with Gasteiger partial charge in [-0.25, -0.2) is 9.78 Å². The lowest BCUT2D eigenvalue weighted by Gasteiger charge is -2.26. The summed E-state index contributed by atoms with van der Waals surface area (Å²) in [6.45, 7) is 6.12. The molecule has 0 spiro atoms. The summed E-state index contributed by atoms with van der Waals surface area (Å²) < 4.78 is 5.05. The molecule has 212 valence electrons. The molecule has 0 saturated carbocycles. The summed E-state index contributed by atoms with van der Waals surface area (Å²) in [5, 5.41) is 8.50. The Balaban J connectivity index is 1.16. The molecule has 0 bridgehead atoms. The molecule has 0 aliphatic carbocycles. The summed E-state index contributed by atoms with van der Waals surface area (Å²) >= 11 is 0. The zero-order valence-corrected chi connectivity index (χ0v) is 23.7. The number of likely N-dealkylation sites (N-methyl/N-ethyl adjacent to an activating group) is 1. The highest BCUT2D eigenvalue weighted by molar-refractivity contribution is 6.04. The second-order valence-corrected chi connectivity index (χ2v) is 10.8. The normalized spacial score (nSPS) is 16.9. The molecule has 2 aliphatic heterocycles. The first-order chi connectivity index (χ1) is 19.8. The van der Waals surface area contributed by atoms with Gasteiger partial charge in [-0.05, 0) is 75.0 Å². The molecule has 2 saturated heterocycles. The zero-order valence-electron chi connectivity index (χ0n) is 23.7. The third-order valence-electron chi connectivity index (χ3n) is 7.42. The number of pyridine rings is 1. The Morgan fingerprint density at radius 3 is 2.51 bits per heavy atom. The maximum absolute atomic E-state index is 13.0. The fourth-order valence-electron chi connectivity index (χ4n) is 4.77. The van der Waals surface area contributed by atoms with E-state index in [0.717, 1.165) is 36.4 Å². The van der Waals surface area contributed by atoms with E-state index < -0.39 is 0 Å². The predicted octanol–water partition coefficient (Wildman–Crippen LogP) is 3.70. The van der Waals surface area contributed by atoms with E-state index in [-0.39, 0.29) is 18.0 Å². The first kappa shape index (κ1) is 28.3.